The van der Waals surface area contributed by atoms with Crippen molar-refractivity contribution in [2.45, 2.75) is 20.0 Å². The monoisotopic (exact) mass is 380 g/mol. The molecule has 2 aromatic carbocycles. The van der Waals surface area contributed by atoms with Gasteiger partial charge in [0.15, 0.2) is 11.2 Å². The molecule has 4 aromatic rings. The minimum absolute atomic E-state index is 0.276. The number of hydrogen-bond acceptors (Lipinski definition) is 3. The summed E-state index contributed by atoms with van der Waals surface area (Å²) in [6, 6.07) is 16.7. The molecule has 0 aliphatic carbocycles. The average Bonchev–Trinajstić information content (AvgIpc) is 3.08. The van der Waals surface area contributed by atoms with Crippen LogP contribution in [0.4, 0.5) is 0 Å². The third-order valence-corrected chi connectivity index (χ3v) is 4.75. The van der Waals surface area contributed by atoms with Crippen molar-refractivity contribution in [1.29, 1.82) is 0 Å². The molecular formula is C20H17ClN4O2. The Morgan fingerprint density at radius 2 is 1.70 bits per heavy atom. The summed E-state index contributed by atoms with van der Waals surface area (Å²) in [5.41, 5.74) is 1.65. The number of aromatic nitrogens is 4. The van der Waals surface area contributed by atoms with Crippen LogP contribution in [0.5, 0.6) is 0 Å². The maximum Gasteiger partial charge on any atom is 0.337 e. The second-order valence-electron chi connectivity index (χ2n) is 6.17. The van der Waals surface area contributed by atoms with E-state index >= 15 is 0 Å². The van der Waals surface area contributed by atoms with Crippen molar-refractivity contribution >= 4 is 22.8 Å². The summed E-state index contributed by atoms with van der Waals surface area (Å²) in [6.45, 7) is 2.55. The van der Waals surface area contributed by atoms with Gasteiger partial charge in [-0.1, -0.05) is 41.9 Å². The summed E-state index contributed by atoms with van der Waals surface area (Å²) in [5.74, 6) is 0. The molecule has 0 aliphatic heterocycles. The highest BCUT2D eigenvalue weighted by Gasteiger charge is 2.18. The summed E-state index contributed by atoms with van der Waals surface area (Å²) in [4.78, 5) is 30.3. The van der Waals surface area contributed by atoms with Gasteiger partial charge in [-0.15, -0.1) is 0 Å². The van der Waals surface area contributed by atoms with Gasteiger partial charge in [-0.25, -0.2) is 14.3 Å². The molecule has 2 heterocycles. The number of rotatable bonds is 4. The molecule has 0 aliphatic rings. The first-order valence-corrected chi connectivity index (χ1v) is 8.98. The fraction of sp³-hybridized carbons (Fsp3) is 0.150. The van der Waals surface area contributed by atoms with Crippen molar-refractivity contribution in [1.82, 2.24) is 18.7 Å². The van der Waals surface area contributed by atoms with Crippen LogP contribution in [0.3, 0.4) is 0 Å². The van der Waals surface area contributed by atoms with E-state index in [1.165, 1.54) is 9.13 Å². The second kappa shape index (κ2) is 6.89. The van der Waals surface area contributed by atoms with E-state index in [1.54, 1.807) is 42.1 Å². The van der Waals surface area contributed by atoms with Crippen LogP contribution in [0.15, 0.2) is 70.5 Å². The fourth-order valence-corrected chi connectivity index (χ4v) is 3.31. The predicted octanol–water partition coefficient (Wildman–Crippen LogP) is 3.07. The van der Waals surface area contributed by atoms with Gasteiger partial charge in [-0.3, -0.25) is 9.36 Å². The van der Waals surface area contributed by atoms with E-state index in [1.807, 2.05) is 30.3 Å². The lowest BCUT2D eigenvalue weighted by atomic mass is 10.2. The second-order valence-corrected chi connectivity index (χ2v) is 6.61. The maximum atomic E-state index is 13.0. The molecule has 0 saturated carbocycles. The number of benzene rings is 2. The van der Waals surface area contributed by atoms with Crippen molar-refractivity contribution in [2.24, 2.45) is 0 Å². The van der Waals surface area contributed by atoms with Crippen LogP contribution >= 0.6 is 11.6 Å². The largest absolute Gasteiger partial charge is 0.337 e. The first-order valence-electron chi connectivity index (χ1n) is 8.60. The molecule has 27 heavy (non-hydrogen) atoms. The molecule has 0 atom stereocenters. The van der Waals surface area contributed by atoms with Gasteiger partial charge < -0.3 is 4.57 Å². The van der Waals surface area contributed by atoms with Gasteiger partial charge in [-0.05, 0) is 36.8 Å². The lowest BCUT2D eigenvalue weighted by molar-refractivity contribution is 0.655. The molecule has 2 aromatic heterocycles. The average molecular weight is 381 g/mol. The van der Waals surface area contributed by atoms with Crippen LogP contribution in [0.25, 0.3) is 16.9 Å². The summed E-state index contributed by atoms with van der Waals surface area (Å²) >= 11 is 5.97. The summed E-state index contributed by atoms with van der Waals surface area (Å²) in [6.07, 6.45) is 1.60. The fourth-order valence-electron chi connectivity index (χ4n) is 3.18. The normalized spacial score (nSPS) is 11.2. The third-order valence-electron chi connectivity index (χ3n) is 4.50. The van der Waals surface area contributed by atoms with E-state index < -0.39 is 5.69 Å². The Hall–Kier alpha value is -3.12. The van der Waals surface area contributed by atoms with Crippen molar-refractivity contribution in [2.75, 3.05) is 0 Å². The van der Waals surface area contributed by atoms with Gasteiger partial charge in [0.2, 0.25) is 0 Å². The highest BCUT2D eigenvalue weighted by Crippen LogP contribution is 2.17. The molecule has 136 valence electrons. The molecular weight excluding hydrogens is 364 g/mol. The first kappa shape index (κ1) is 17.3. The summed E-state index contributed by atoms with van der Waals surface area (Å²) in [5, 5.41) is 0.571. The SMILES string of the molecule is CCn1c(=O)c2c(ncn2Cc2ccccc2)n(-c2ccc(Cl)cc2)c1=O. The smallest absolute Gasteiger partial charge is 0.320 e. The van der Waals surface area contributed by atoms with Crippen molar-refractivity contribution in [3.05, 3.63) is 92.3 Å². The van der Waals surface area contributed by atoms with E-state index in [4.69, 9.17) is 11.6 Å². The molecule has 7 heteroatoms. The number of halogens is 1. The maximum absolute atomic E-state index is 13.0. The van der Waals surface area contributed by atoms with Gasteiger partial charge in [0, 0.05) is 18.1 Å². The molecule has 0 saturated heterocycles. The number of imidazole rings is 1. The number of hydrogen-bond donors (Lipinski definition) is 0. The van der Waals surface area contributed by atoms with Gasteiger partial charge in [-0.2, -0.15) is 0 Å². The topological polar surface area (TPSA) is 61.8 Å². The lowest BCUT2D eigenvalue weighted by Crippen LogP contribution is -2.39. The van der Waals surface area contributed by atoms with Crippen molar-refractivity contribution in [3.8, 4) is 5.69 Å². The van der Waals surface area contributed by atoms with E-state index in [2.05, 4.69) is 4.98 Å². The van der Waals surface area contributed by atoms with Crippen LogP contribution in [0.1, 0.15) is 12.5 Å². The molecule has 0 unspecified atom stereocenters. The molecule has 0 bridgehead atoms. The molecule has 0 N–H and O–H groups in total. The molecule has 4 rings (SSSR count). The van der Waals surface area contributed by atoms with Gasteiger partial charge >= 0.3 is 5.69 Å². The number of nitrogens with zero attached hydrogens (tertiary/aromatic N) is 4. The predicted molar refractivity (Wildman–Crippen MR) is 106 cm³/mol. The minimum atomic E-state index is -0.415. The van der Waals surface area contributed by atoms with Crippen molar-refractivity contribution in [3.63, 3.8) is 0 Å². The van der Waals surface area contributed by atoms with E-state index in [-0.39, 0.29) is 12.1 Å². The molecule has 0 amide bonds. The Morgan fingerprint density at radius 1 is 1.00 bits per heavy atom. The highest BCUT2D eigenvalue weighted by molar-refractivity contribution is 6.30. The molecule has 0 spiro atoms. The molecule has 0 fully saturated rings. The zero-order chi connectivity index (χ0) is 19.0. The summed E-state index contributed by atoms with van der Waals surface area (Å²) in [7, 11) is 0. The Bertz CT molecular complexity index is 1220. The summed E-state index contributed by atoms with van der Waals surface area (Å²) < 4.78 is 4.46. The molecule has 6 nitrogen and oxygen atoms in total. The molecule has 0 radical (unpaired) electrons. The van der Waals surface area contributed by atoms with Crippen molar-refractivity contribution < 1.29 is 0 Å². The Morgan fingerprint density at radius 3 is 2.37 bits per heavy atom. The van der Waals surface area contributed by atoms with Gasteiger partial charge in [0.1, 0.15) is 0 Å². The van der Waals surface area contributed by atoms with Crippen LogP contribution in [0, 0.1) is 0 Å². The van der Waals surface area contributed by atoms with Crippen LogP contribution in [-0.2, 0) is 13.1 Å². The lowest BCUT2D eigenvalue weighted by Gasteiger charge is -2.11. The Balaban J connectivity index is 2.00. The highest BCUT2D eigenvalue weighted by atomic mass is 35.5. The minimum Gasteiger partial charge on any atom is -0.320 e. The zero-order valence-electron chi connectivity index (χ0n) is 14.7. The van der Waals surface area contributed by atoms with Crippen LogP contribution in [-0.4, -0.2) is 18.7 Å². The zero-order valence-corrected chi connectivity index (χ0v) is 15.4. The number of fused-ring (bicyclic) bond motifs is 1. The van der Waals surface area contributed by atoms with E-state index in [9.17, 15) is 9.59 Å². The Kier molecular flexibility index (Phi) is 4.41. The third kappa shape index (κ3) is 2.98. The van der Waals surface area contributed by atoms with Crippen LogP contribution in [0.2, 0.25) is 5.02 Å². The quantitative estimate of drug-likeness (QED) is 0.546. The van der Waals surface area contributed by atoms with Crippen LogP contribution < -0.4 is 11.2 Å². The van der Waals surface area contributed by atoms with E-state index in [0.717, 1.165) is 5.56 Å². The standard InChI is InChI=1S/C20H17ClN4O2/c1-2-24-19(26)17-18(22-13-23(17)12-14-6-4-3-5-7-14)25(20(24)27)16-10-8-15(21)9-11-16/h3-11,13H,2,12H2,1H3. The first-order chi connectivity index (χ1) is 13.1. The van der Waals surface area contributed by atoms with Gasteiger partial charge in [0.05, 0.1) is 12.0 Å². The van der Waals surface area contributed by atoms with Gasteiger partial charge in [0.25, 0.3) is 5.56 Å². The Labute approximate surface area is 159 Å². The van der Waals surface area contributed by atoms with E-state index in [0.29, 0.717) is 28.4 Å².